The first-order valence-corrected chi connectivity index (χ1v) is 9.63. The van der Waals surface area contributed by atoms with Gasteiger partial charge in [-0.1, -0.05) is 44.2 Å². The minimum atomic E-state index is 0.522. The molecule has 0 saturated carbocycles. The number of carbonyl (C=O) groups is 1. The largest absolute Gasteiger partial charge is 0.343 e. The first kappa shape index (κ1) is 17.7. The van der Waals surface area contributed by atoms with Gasteiger partial charge in [-0.3, -0.25) is 9.69 Å². The quantitative estimate of drug-likeness (QED) is 0.653. The van der Waals surface area contributed by atoms with E-state index in [9.17, 15) is 4.79 Å². The van der Waals surface area contributed by atoms with Crippen LogP contribution >= 0.6 is 0 Å². The van der Waals surface area contributed by atoms with Crippen LogP contribution in [0.2, 0.25) is 0 Å². The molecule has 1 aliphatic heterocycles. The summed E-state index contributed by atoms with van der Waals surface area (Å²) < 4.78 is 2.19. The summed E-state index contributed by atoms with van der Waals surface area (Å²) in [5.41, 5.74) is 5.73. The molecule has 140 valence electrons. The van der Waals surface area contributed by atoms with Crippen LogP contribution in [0.3, 0.4) is 0 Å². The highest BCUT2D eigenvalue weighted by atomic mass is 16.1. The fourth-order valence-corrected chi connectivity index (χ4v) is 3.69. The Labute approximate surface area is 160 Å². The van der Waals surface area contributed by atoms with Gasteiger partial charge in [-0.25, -0.2) is 4.98 Å². The lowest BCUT2D eigenvalue weighted by Gasteiger charge is -2.32. The number of nitrogens with zero attached hydrogens (tertiary/aromatic N) is 4. The van der Waals surface area contributed by atoms with Gasteiger partial charge < -0.3 is 9.30 Å². The number of hydrogen-bond donors (Lipinski definition) is 0. The number of benzene rings is 1. The Hall–Kier alpha value is -2.66. The maximum atomic E-state index is 11.0. The molecule has 3 heterocycles. The van der Waals surface area contributed by atoms with Crippen molar-refractivity contribution in [1.29, 1.82) is 0 Å². The van der Waals surface area contributed by atoms with E-state index in [1.807, 2.05) is 17.0 Å². The summed E-state index contributed by atoms with van der Waals surface area (Å²) in [6, 6.07) is 14.9. The lowest BCUT2D eigenvalue weighted by molar-refractivity contribution is -0.119. The molecular formula is C22H26N4O. The molecule has 0 bridgehead atoms. The number of carbonyl (C=O) groups excluding carboxylic acids is 1. The van der Waals surface area contributed by atoms with Crippen molar-refractivity contribution in [2.45, 2.75) is 26.3 Å². The molecule has 0 N–H and O–H groups in total. The van der Waals surface area contributed by atoms with Crippen molar-refractivity contribution in [1.82, 2.24) is 19.2 Å². The van der Waals surface area contributed by atoms with Crippen molar-refractivity contribution in [2.75, 3.05) is 26.2 Å². The van der Waals surface area contributed by atoms with Gasteiger partial charge in [0.05, 0.1) is 11.4 Å². The van der Waals surface area contributed by atoms with E-state index < -0.39 is 0 Å². The summed E-state index contributed by atoms with van der Waals surface area (Å²) >= 11 is 0. The van der Waals surface area contributed by atoms with E-state index in [-0.39, 0.29) is 0 Å². The molecule has 1 aromatic carbocycles. The lowest BCUT2D eigenvalue weighted by Crippen LogP contribution is -2.45. The van der Waals surface area contributed by atoms with Gasteiger partial charge in [-0.05, 0) is 23.6 Å². The average molecular weight is 362 g/mol. The van der Waals surface area contributed by atoms with Crippen molar-refractivity contribution in [3.8, 4) is 11.3 Å². The van der Waals surface area contributed by atoms with E-state index in [4.69, 9.17) is 4.98 Å². The number of pyridine rings is 1. The number of hydrogen-bond acceptors (Lipinski definition) is 3. The predicted molar refractivity (Wildman–Crippen MR) is 108 cm³/mol. The van der Waals surface area contributed by atoms with Crippen molar-refractivity contribution in [3.63, 3.8) is 0 Å². The van der Waals surface area contributed by atoms with Gasteiger partial charge in [0, 0.05) is 44.5 Å². The zero-order valence-corrected chi connectivity index (χ0v) is 16.0. The summed E-state index contributed by atoms with van der Waals surface area (Å²) in [5.74, 6) is 0.522. The van der Waals surface area contributed by atoms with Crippen LogP contribution in [-0.2, 0) is 11.3 Å². The molecular weight excluding hydrogens is 336 g/mol. The second-order valence-electron chi connectivity index (χ2n) is 7.53. The molecule has 0 spiro atoms. The first-order valence-electron chi connectivity index (χ1n) is 9.63. The van der Waals surface area contributed by atoms with Crippen molar-refractivity contribution in [2.24, 2.45) is 0 Å². The van der Waals surface area contributed by atoms with E-state index in [1.165, 1.54) is 11.3 Å². The molecule has 3 aromatic rings. The SMILES string of the molecule is CC(C)c1ccc(-c2nc3ccccn3c2CN2CCN(C=O)CC2)cc1. The first-order chi connectivity index (χ1) is 13.2. The Balaban J connectivity index is 1.68. The van der Waals surface area contributed by atoms with Gasteiger partial charge in [0.15, 0.2) is 0 Å². The van der Waals surface area contributed by atoms with Crippen molar-refractivity contribution >= 4 is 12.1 Å². The summed E-state index contributed by atoms with van der Waals surface area (Å²) in [4.78, 5) is 20.1. The van der Waals surface area contributed by atoms with Gasteiger partial charge in [-0.2, -0.15) is 0 Å². The molecule has 0 aliphatic carbocycles. The maximum Gasteiger partial charge on any atom is 0.209 e. The smallest absolute Gasteiger partial charge is 0.209 e. The number of piperazine rings is 1. The molecule has 1 amide bonds. The Bertz CT molecular complexity index is 921. The zero-order valence-electron chi connectivity index (χ0n) is 16.0. The number of fused-ring (bicyclic) bond motifs is 1. The predicted octanol–water partition coefficient (Wildman–Crippen LogP) is 3.40. The van der Waals surface area contributed by atoms with Crippen molar-refractivity contribution in [3.05, 3.63) is 59.9 Å². The van der Waals surface area contributed by atoms with Gasteiger partial charge in [-0.15, -0.1) is 0 Å². The molecule has 2 aromatic heterocycles. The Kier molecular flexibility index (Phi) is 4.94. The lowest BCUT2D eigenvalue weighted by atomic mass is 10.0. The fraction of sp³-hybridized carbons (Fsp3) is 0.364. The van der Waals surface area contributed by atoms with Crippen molar-refractivity contribution < 1.29 is 4.79 Å². The van der Waals surface area contributed by atoms with E-state index in [1.54, 1.807) is 0 Å². The second kappa shape index (κ2) is 7.53. The Morgan fingerprint density at radius 2 is 1.78 bits per heavy atom. The van der Waals surface area contributed by atoms with E-state index >= 15 is 0 Å². The molecule has 27 heavy (non-hydrogen) atoms. The third-order valence-corrected chi connectivity index (χ3v) is 5.41. The summed E-state index contributed by atoms with van der Waals surface area (Å²) in [5, 5.41) is 0. The summed E-state index contributed by atoms with van der Waals surface area (Å²) in [6.45, 7) is 8.63. The molecule has 0 atom stereocenters. The Morgan fingerprint density at radius 3 is 2.44 bits per heavy atom. The van der Waals surface area contributed by atoms with Crippen LogP contribution in [0.4, 0.5) is 0 Å². The van der Waals surface area contributed by atoms with Crippen LogP contribution in [-0.4, -0.2) is 51.8 Å². The third kappa shape index (κ3) is 3.60. The van der Waals surface area contributed by atoms with E-state index in [0.29, 0.717) is 5.92 Å². The van der Waals surface area contributed by atoms with E-state index in [0.717, 1.165) is 56.0 Å². The normalized spacial score (nSPS) is 15.6. The zero-order chi connectivity index (χ0) is 18.8. The van der Waals surface area contributed by atoms with Crippen LogP contribution in [0.25, 0.3) is 16.9 Å². The van der Waals surface area contributed by atoms with Gasteiger partial charge >= 0.3 is 0 Å². The Morgan fingerprint density at radius 1 is 1.04 bits per heavy atom. The van der Waals surface area contributed by atoms with Crippen LogP contribution < -0.4 is 0 Å². The van der Waals surface area contributed by atoms with Gasteiger partial charge in [0.1, 0.15) is 5.65 Å². The topological polar surface area (TPSA) is 40.9 Å². The highest BCUT2D eigenvalue weighted by molar-refractivity contribution is 5.67. The van der Waals surface area contributed by atoms with Crippen LogP contribution in [0, 0.1) is 0 Å². The molecule has 4 rings (SSSR count). The minimum absolute atomic E-state index is 0.522. The highest BCUT2D eigenvalue weighted by Crippen LogP contribution is 2.27. The summed E-state index contributed by atoms with van der Waals surface area (Å²) in [6.07, 6.45) is 3.04. The molecule has 5 nitrogen and oxygen atoms in total. The molecule has 0 unspecified atom stereocenters. The monoisotopic (exact) mass is 362 g/mol. The number of rotatable bonds is 5. The molecule has 1 fully saturated rings. The van der Waals surface area contributed by atoms with Crippen LogP contribution in [0.5, 0.6) is 0 Å². The number of aromatic nitrogens is 2. The average Bonchev–Trinajstić information content (AvgIpc) is 3.07. The molecule has 0 radical (unpaired) electrons. The highest BCUT2D eigenvalue weighted by Gasteiger charge is 2.20. The number of amides is 1. The maximum absolute atomic E-state index is 11.0. The number of imidazole rings is 1. The molecule has 5 heteroatoms. The third-order valence-electron chi connectivity index (χ3n) is 5.41. The standard InChI is InChI=1S/C22H26N4O/c1-17(2)18-6-8-19(9-7-18)22-20(26-10-4-3-5-21(26)23-22)15-24-11-13-25(16-27)14-12-24/h3-10,16-17H,11-15H2,1-2H3. The molecule has 1 saturated heterocycles. The van der Waals surface area contributed by atoms with E-state index in [2.05, 4.69) is 59.7 Å². The van der Waals surface area contributed by atoms with Crippen LogP contribution in [0.1, 0.15) is 31.0 Å². The van der Waals surface area contributed by atoms with Crippen LogP contribution in [0.15, 0.2) is 48.7 Å². The fourth-order valence-electron chi connectivity index (χ4n) is 3.69. The van der Waals surface area contributed by atoms with Gasteiger partial charge in [0.2, 0.25) is 6.41 Å². The second-order valence-corrected chi connectivity index (χ2v) is 7.53. The summed E-state index contributed by atoms with van der Waals surface area (Å²) in [7, 11) is 0. The minimum Gasteiger partial charge on any atom is -0.343 e. The van der Waals surface area contributed by atoms with Gasteiger partial charge in [0.25, 0.3) is 0 Å². The molecule has 1 aliphatic rings.